The van der Waals surface area contributed by atoms with Crippen molar-refractivity contribution in [2.75, 3.05) is 5.32 Å². The SMILES string of the molecule is Cc1cnoc1C(=O)Nc1c[nH]c(C)c1C(=O)O. The highest BCUT2D eigenvalue weighted by atomic mass is 16.5. The Kier molecular flexibility index (Phi) is 2.88. The van der Waals surface area contributed by atoms with Gasteiger partial charge in [-0.15, -0.1) is 0 Å². The Bertz CT molecular complexity index is 612. The molecule has 0 fully saturated rings. The van der Waals surface area contributed by atoms with Crippen molar-refractivity contribution in [1.82, 2.24) is 10.1 Å². The third kappa shape index (κ3) is 1.97. The zero-order valence-electron chi connectivity index (χ0n) is 9.77. The van der Waals surface area contributed by atoms with Crippen molar-refractivity contribution in [2.24, 2.45) is 0 Å². The third-order valence-corrected chi connectivity index (χ3v) is 2.49. The van der Waals surface area contributed by atoms with Crippen molar-refractivity contribution >= 4 is 17.6 Å². The molecule has 0 aliphatic rings. The van der Waals surface area contributed by atoms with Crippen LogP contribution in [0.2, 0.25) is 0 Å². The number of hydrogen-bond acceptors (Lipinski definition) is 4. The van der Waals surface area contributed by atoms with Gasteiger partial charge in [-0.05, 0) is 13.8 Å². The molecule has 18 heavy (non-hydrogen) atoms. The summed E-state index contributed by atoms with van der Waals surface area (Å²) in [4.78, 5) is 25.6. The molecule has 0 aliphatic heterocycles. The van der Waals surface area contributed by atoms with Crippen molar-refractivity contribution in [2.45, 2.75) is 13.8 Å². The number of aromatic nitrogens is 2. The van der Waals surface area contributed by atoms with E-state index in [1.165, 1.54) is 12.4 Å². The van der Waals surface area contributed by atoms with Gasteiger partial charge in [0.05, 0.1) is 11.9 Å². The van der Waals surface area contributed by atoms with E-state index in [4.69, 9.17) is 9.63 Å². The molecular formula is C11H11N3O4. The number of carboxylic acid groups (broad SMARTS) is 1. The molecule has 3 N–H and O–H groups in total. The fourth-order valence-corrected chi connectivity index (χ4v) is 1.59. The quantitative estimate of drug-likeness (QED) is 0.765. The summed E-state index contributed by atoms with van der Waals surface area (Å²) < 4.78 is 4.79. The zero-order valence-corrected chi connectivity index (χ0v) is 9.77. The molecule has 0 aromatic carbocycles. The molecule has 0 aliphatic carbocycles. The van der Waals surface area contributed by atoms with Crippen LogP contribution in [0.3, 0.4) is 0 Å². The molecule has 0 bridgehead atoms. The summed E-state index contributed by atoms with van der Waals surface area (Å²) in [5.74, 6) is -1.59. The summed E-state index contributed by atoms with van der Waals surface area (Å²) in [5, 5.41) is 15.0. The molecule has 0 radical (unpaired) electrons. The van der Waals surface area contributed by atoms with Crippen LogP contribution in [-0.2, 0) is 0 Å². The summed E-state index contributed by atoms with van der Waals surface area (Å²) in [6, 6.07) is 0. The second-order valence-electron chi connectivity index (χ2n) is 3.80. The van der Waals surface area contributed by atoms with Crippen molar-refractivity contribution in [3.8, 4) is 0 Å². The Morgan fingerprint density at radius 2 is 2.17 bits per heavy atom. The molecule has 1 amide bonds. The highest BCUT2D eigenvalue weighted by molar-refractivity contribution is 6.07. The molecule has 0 unspecified atom stereocenters. The highest BCUT2D eigenvalue weighted by Crippen LogP contribution is 2.20. The van der Waals surface area contributed by atoms with E-state index < -0.39 is 11.9 Å². The van der Waals surface area contributed by atoms with Gasteiger partial charge in [-0.2, -0.15) is 0 Å². The maximum absolute atomic E-state index is 11.8. The fraction of sp³-hybridized carbons (Fsp3) is 0.182. The molecule has 2 rings (SSSR count). The topological polar surface area (TPSA) is 108 Å². The smallest absolute Gasteiger partial charge is 0.339 e. The number of carbonyl (C=O) groups is 2. The summed E-state index contributed by atoms with van der Waals surface area (Å²) >= 11 is 0. The number of amides is 1. The van der Waals surface area contributed by atoms with E-state index in [-0.39, 0.29) is 17.0 Å². The van der Waals surface area contributed by atoms with Crippen LogP contribution in [0, 0.1) is 13.8 Å². The predicted molar refractivity (Wildman–Crippen MR) is 61.7 cm³/mol. The van der Waals surface area contributed by atoms with E-state index in [2.05, 4.69) is 15.5 Å². The van der Waals surface area contributed by atoms with Crippen LogP contribution < -0.4 is 5.32 Å². The van der Waals surface area contributed by atoms with E-state index in [0.717, 1.165) is 0 Å². The first-order valence-corrected chi connectivity index (χ1v) is 5.14. The Balaban J connectivity index is 2.28. The first-order chi connectivity index (χ1) is 8.50. The number of aryl methyl sites for hydroxylation is 2. The second kappa shape index (κ2) is 4.36. The van der Waals surface area contributed by atoms with Crippen molar-refractivity contribution in [3.05, 3.63) is 35.0 Å². The van der Waals surface area contributed by atoms with E-state index in [0.29, 0.717) is 11.3 Å². The number of aromatic amines is 1. The Morgan fingerprint density at radius 3 is 2.72 bits per heavy atom. The monoisotopic (exact) mass is 249 g/mol. The van der Waals surface area contributed by atoms with Gasteiger partial charge in [0.15, 0.2) is 0 Å². The van der Waals surface area contributed by atoms with E-state index >= 15 is 0 Å². The van der Waals surface area contributed by atoms with Gasteiger partial charge >= 0.3 is 5.97 Å². The summed E-state index contributed by atoms with van der Waals surface area (Å²) in [5.41, 5.74) is 1.27. The van der Waals surface area contributed by atoms with Gasteiger partial charge in [0.25, 0.3) is 5.91 Å². The number of nitrogens with one attached hydrogen (secondary N) is 2. The second-order valence-corrected chi connectivity index (χ2v) is 3.80. The molecule has 7 heteroatoms. The third-order valence-electron chi connectivity index (χ3n) is 2.49. The minimum Gasteiger partial charge on any atom is -0.478 e. The van der Waals surface area contributed by atoms with Gasteiger partial charge in [0.1, 0.15) is 5.56 Å². The fourth-order valence-electron chi connectivity index (χ4n) is 1.59. The van der Waals surface area contributed by atoms with Crippen LogP contribution in [-0.4, -0.2) is 27.1 Å². The standard InChI is InChI=1S/C11H11N3O4/c1-5-3-13-18-9(5)10(15)14-7-4-12-6(2)8(7)11(16)17/h3-4,12H,1-2H3,(H,14,15)(H,16,17). The molecule has 2 aromatic rings. The number of anilines is 1. The molecule has 0 spiro atoms. The van der Waals surface area contributed by atoms with E-state index in [1.54, 1.807) is 13.8 Å². The van der Waals surface area contributed by atoms with Gasteiger partial charge in [0.2, 0.25) is 5.76 Å². The number of hydrogen-bond donors (Lipinski definition) is 3. The van der Waals surface area contributed by atoms with Crippen LogP contribution in [0.15, 0.2) is 16.9 Å². The average molecular weight is 249 g/mol. The number of rotatable bonds is 3. The van der Waals surface area contributed by atoms with Gasteiger partial charge in [0, 0.05) is 17.5 Å². The lowest BCUT2D eigenvalue weighted by Gasteiger charge is -2.02. The molecule has 0 saturated carbocycles. The lowest BCUT2D eigenvalue weighted by molar-refractivity contribution is 0.0697. The minimum absolute atomic E-state index is 0.0283. The van der Waals surface area contributed by atoms with Crippen LogP contribution in [0.1, 0.15) is 32.2 Å². The zero-order chi connectivity index (χ0) is 13.3. The van der Waals surface area contributed by atoms with Gasteiger partial charge in [-0.1, -0.05) is 5.16 Å². The van der Waals surface area contributed by atoms with Crippen molar-refractivity contribution in [1.29, 1.82) is 0 Å². The van der Waals surface area contributed by atoms with Gasteiger partial charge in [-0.3, -0.25) is 4.79 Å². The minimum atomic E-state index is -1.11. The highest BCUT2D eigenvalue weighted by Gasteiger charge is 2.20. The molecule has 0 saturated heterocycles. The first-order valence-electron chi connectivity index (χ1n) is 5.14. The van der Waals surface area contributed by atoms with Crippen LogP contribution >= 0.6 is 0 Å². The summed E-state index contributed by atoms with van der Waals surface area (Å²) in [6.07, 6.45) is 2.83. The summed E-state index contributed by atoms with van der Waals surface area (Å²) in [6.45, 7) is 3.28. The average Bonchev–Trinajstić information content (AvgIpc) is 2.85. The van der Waals surface area contributed by atoms with Crippen molar-refractivity contribution in [3.63, 3.8) is 0 Å². The van der Waals surface area contributed by atoms with Crippen LogP contribution in [0.25, 0.3) is 0 Å². The number of carboxylic acids is 1. The number of carbonyl (C=O) groups excluding carboxylic acids is 1. The number of H-pyrrole nitrogens is 1. The van der Waals surface area contributed by atoms with Gasteiger partial charge in [-0.25, -0.2) is 4.79 Å². The maximum atomic E-state index is 11.8. The first kappa shape index (κ1) is 11.9. The molecular weight excluding hydrogens is 238 g/mol. The Morgan fingerprint density at radius 1 is 1.44 bits per heavy atom. The number of nitrogens with zero attached hydrogens (tertiary/aromatic N) is 1. The molecule has 0 atom stereocenters. The van der Waals surface area contributed by atoms with Gasteiger partial charge < -0.3 is 19.9 Å². The van der Waals surface area contributed by atoms with Crippen molar-refractivity contribution < 1.29 is 19.2 Å². The number of aromatic carboxylic acids is 1. The molecule has 2 heterocycles. The molecule has 2 aromatic heterocycles. The molecule has 94 valence electrons. The van der Waals surface area contributed by atoms with E-state index in [1.807, 2.05) is 0 Å². The van der Waals surface area contributed by atoms with Crippen LogP contribution in [0.5, 0.6) is 0 Å². The molecule has 7 nitrogen and oxygen atoms in total. The lowest BCUT2D eigenvalue weighted by Crippen LogP contribution is -2.14. The Labute approximate surface area is 102 Å². The summed E-state index contributed by atoms with van der Waals surface area (Å²) in [7, 11) is 0. The lowest BCUT2D eigenvalue weighted by atomic mass is 10.2. The van der Waals surface area contributed by atoms with Crippen LogP contribution in [0.4, 0.5) is 5.69 Å². The Hall–Kier alpha value is -2.57. The predicted octanol–water partition coefficient (Wildman–Crippen LogP) is 1.57. The maximum Gasteiger partial charge on any atom is 0.339 e. The van der Waals surface area contributed by atoms with E-state index in [9.17, 15) is 9.59 Å². The normalized spacial score (nSPS) is 10.3. The largest absolute Gasteiger partial charge is 0.478 e.